The molecule has 0 radical (unpaired) electrons. The average Bonchev–Trinajstić information content (AvgIpc) is 3.21. The Morgan fingerprint density at radius 3 is 2.88 bits per heavy atom. The van der Waals surface area contributed by atoms with Crippen molar-refractivity contribution in [3.05, 3.63) is 18.0 Å². The number of hydrogen-bond donors (Lipinski definition) is 1. The summed E-state index contributed by atoms with van der Waals surface area (Å²) in [4.78, 5) is 26.1. The van der Waals surface area contributed by atoms with Gasteiger partial charge in [-0.05, 0) is 25.7 Å². The number of ether oxygens (including phenoxy) is 1. The number of aryl methyl sites for hydroxylation is 1. The molecular weight excluding hydrogens is 310 g/mol. The van der Waals surface area contributed by atoms with Crippen molar-refractivity contribution in [3.63, 3.8) is 0 Å². The highest BCUT2D eigenvalue weighted by atomic mass is 16.5. The van der Waals surface area contributed by atoms with Gasteiger partial charge in [-0.15, -0.1) is 0 Å². The maximum atomic E-state index is 13.0. The molecule has 3 heterocycles. The van der Waals surface area contributed by atoms with E-state index in [0.29, 0.717) is 32.5 Å². The monoisotopic (exact) mass is 335 g/mol. The van der Waals surface area contributed by atoms with Gasteiger partial charge in [-0.2, -0.15) is 5.10 Å². The summed E-state index contributed by atoms with van der Waals surface area (Å²) in [6.07, 6.45) is 4.71. The lowest BCUT2D eigenvalue weighted by molar-refractivity contribution is -0.148. The van der Waals surface area contributed by atoms with Crippen molar-refractivity contribution in [1.82, 2.24) is 14.7 Å². The molecule has 1 aromatic rings. The van der Waals surface area contributed by atoms with Gasteiger partial charge < -0.3 is 14.7 Å². The third kappa shape index (κ3) is 3.31. The number of carbonyl (C=O) groups excluding carboxylic acids is 1. The zero-order chi connectivity index (χ0) is 17.3. The van der Waals surface area contributed by atoms with E-state index in [1.165, 1.54) is 0 Å². The van der Waals surface area contributed by atoms with Crippen LogP contribution in [0.25, 0.3) is 0 Å². The summed E-state index contributed by atoms with van der Waals surface area (Å²) in [5.41, 5.74) is 0.924. The second-order valence-corrected chi connectivity index (χ2v) is 6.94. The number of carboxylic acids is 1. The van der Waals surface area contributed by atoms with Gasteiger partial charge in [0, 0.05) is 38.0 Å². The third-order valence-corrected chi connectivity index (χ3v) is 5.04. The Hall–Kier alpha value is -1.89. The van der Waals surface area contributed by atoms with Gasteiger partial charge >= 0.3 is 5.97 Å². The van der Waals surface area contributed by atoms with Gasteiger partial charge in [0.25, 0.3) is 0 Å². The molecule has 1 aromatic heterocycles. The Kier molecular flexibility index (Phi) is 4.89. The van der Waals surface area contributed by atoms with Crippen LogP contribution in [-0.2, 0) is 20.9 Å². The number of rotatable bonds is 4. The van der Waals surface area contributed by atoms with Gasteiger partial charge in [0.1, 0.15) is 0 Å². The van der Waals surface area contributed by atoms with Crippen molar-refractivity contribution in [1.29, 1.82) is 0 Å². The highest BCUT2D eigenvalue weighted by Crippen LogP contribution is 2.36. The normalized spacial score (nSPS) is 30.5. The van der Waals surface area contributed by atoms with Crippen molar-refractivity contribution in [2.75, 3.05) is 19.7 Å². The maximum absolute atomic E-state index is 13.0. The summed E-state index contributed by atoms with van der Waals surface area (Å²) < 4.78 is 7.63. The summed E-state index contributed by atoms with van der Waals surface area (Å²) in [5, 5.41) is 13.6. The number of piperidine rings is 1. The van der Waals surface area contributed by atoms with Gasteiger partial charge in [-0.25, -0.2) is 0 Å². The summed E-state index contributed by atoms with van der Waals surface area (Å²) in [6, 6.07) is 0. The summed E-state index contributed by atoms with van der Waals surface area (Å²) in [6.45, 7) is 6.26. The van der Waals surface area contributed by atoms with Crippen molar-refractivity contribution in [3.8, 4) is 0 Å². The Labute approximate surface area is 141 Å². The van der Waals surface area contributed by atoms with Gasteiger partial charge in [-0.3, -0.25) is 14.3 Å². The van der Waals surface area contributed by atoms with Gasteiger partial charge in [0.2, 0.25) is 5.91 Å². The molecule has 4 atom stereocenters. The molecule has 2 aliphatic rings. The fraction of sp³-hybridized carbons (Fsp3) is 0.706. The first-order valence-corrected chi connectivity index (χ1v) is 8.65. The van der Waals surface area contributed by atoms with E-state index in [4.69, 9.17) is 4.74 Å². The van der Waals surface area contributed by atoms with Crippen LogP contribution < -0.4 is 0 Å². The summed E-state index contributed by atoms with van der Waals surface area (Å²) >= 11 is 0. The molecule has 2 saturated heterocycles. The predicted molar refractivity (Wildman–Crippen MR) is 86.2 cm³/mol. The number of nitrogens with zero attached hydrogens (tertiary/aromatic N) is 3. The van der Waals surface area contributed by atoms with Crippen LogP contribution in [0.5, 0.6) is 0 Å². The van der Waals surface area contributed by atoms with Crippen molar-refractivity contribution in [2.24, 2.45) is 17.8 Å². The average molecular weight is 335 g/mol. The second-order valence-electron chi connectivity index (χ2n) is 6.94. The van der Waals surface area contributed by atoms with Crippen LogP contribution in [0, 0.1) is 17.8 Å². The van der Waals surface area contributed by atoms with Crippen LogP contribution in [0.4, 0.5) is 0 Å². The third-order valence-electron chi connectivity index (χ3n) is 5.04. The molecule has 0 aliphatic carbocycles. The molecule has 0 bridgehead atoms. The Bertz CT molecular complexity index is 615. The van der Waals surface area contributed by atoms with Gasteiger partial charge in [0.05, 0.1) is 24.1 Å². The molecule has 7 heteroatoms. The van der Waals surface area contributed by atoms with E-state index in [1.54, 1.807) is 11.1 Å². The molecular formula is C17H25N3O4. The first-order valence-electron chi connectivity index (χ1n) is 8.65. The molecule has 0 saturated carbocycles. The molecule has 7 nitrogen and oxygen atoms in total. The minimum Gasteiger partial charge on any atom is -0.481 e. The van der Waals surface area contributed by atoms with Crippen molar-refractivity contribution < 1.29 is 19.4 Å². The Morgan fingerprint density at radius 1 is 1.42 bits per heavy atom. The van der Waals surface area contributed by atoms with Crippen molar-refractivity contribution >= 4 is 11.9 Å². The van der Waals surface area contributed by atoms with Crippen LogP contribution in [-0.4, -0.2) is 51.4 Å². The van der Waals surface area contributed by atoms with Crippen LogP contribution >= 0.6 is 0 Å². The lowest BCUT2D eigenvalue weighted by Crippen LogP contribution is -2.48. The fourth-order valence-corrected chi connectivity index (χ4v) is 3.82. The van der Waals surface area contributed by atoms with E-state index in [9.17, 15) is 14.7 Å². The number of likely N-dealkylation sites (tertiary alicyclic amines) is 1. The molecule has 24 heavy (non-hydrogen) atoms. The number of amides is 1. The lowest BCUT2D eigenvalue weighted by Gasteiger charge is -2.36. The summed E-state index contributed by atoms with van der Waals surface area (Å²) in [7, 11) is 0. The standard InChI is InChI=1S/C17H25N3O4/c1-3-20-10-13(7-18-20)15-14(4-5-24-15)16(21)19-8-11(2)6-12(9-19)17(22)23/h7,10-12,14-15H,3-6,8-9H2,1-2H3,(H,22,23)/t11?,12?,14-,15+/m0/s1. The molecule has 1 N–H and O–H groups in total. The predicted octanol–water partition coefficient (Wildman–Crippen LogP) is 1.55. The summed E-state index contributed by atoms with van der Waals surface area (Å²) in [5.74, 6) is -1.32. The van der Waals surface area contributed by atoms with Crippen molar-refractivity contribution in [2.45, 2.75) is 39.3 Å². The molecule has 2 unspecified atom stereocenters. The highest BCUT2D eigenvalue weighted by molar-refractivity contribution is 5.81. The zero-order valence-electron chi connectivity index (χ0n) is 14.2. The molecule has 2 fully saturated rings. The smallest absolute Gasteiger partial charge is 0.308 e. The fourth-order valence-electron chi connectivity index (χ4n) is 3.82. The van der Waals surface area contributed by atoms with E-state index in [-0.39, 0.29) is 23.8 Å². The van der Waals surface area contributed by atoms with E-state index in [2.05, 4.69) is 5.10 Å². The topological polar surface area (TPSA) is 84.7 Å². The minimum atomic E-state index is -0.817. The Morgan fingerprint density at radius 2 is 2.21 bits per heavy atom. The number of carboxylic acid groups (broad SMARTS) is 1. The zero-order valence-corrected chi connectivity index (χ0v) is 14.2. The molecule has 132 valence electrons. The number of hydrogen-bond acceptors (Lipinski definition) is 4. The number of carbonyl (C=O) groups is 2. The second kappa shape index (κ2) is 6.93. The van der Waals surface area contributed by atoms with Crippen LogP contribution in [0.2, 0.25) is 0 Å². The molecule has 0 spiro atoms. The van der Waals surface area contributed by atoms with E-state index in [1.807, 2.05) is 24.7 Å². The lowest BCUT2D eigenvalue weighted by atomic mass is 9.88. The van der Waals surface area contributed by atoms with Gasteiger partial charge in [0.15, 0.2) is 0 Å². The van der Waals surface area contributed by atoms with E-state index < -0.39 is 11.9 Å². The van der Waals surface area contributed by atoms with Crippen LogP contribution in [0.1, 0.15) is 38.4 Å². The molecule has 0 aromatic carbocycles. The first kappa shape index (κ1) is 17.0. The Balaban J connectivity index is 1.74. The number of aliphatic carboxylic acids is 1. The van der Waals surface area contributed by atoms with Crippen LogP contribution in [0.15, 0.2) is 12.4 Å². The van der Waals surface area contributed by atoms with Gasteiger partial charge in [-0.1, -0.05) is 6.92 Å². The van der Waals surface area contributed by atoms with Crippen LogP contribution in [0.3, 0.4) is 0 Å². The minimum absolute atomic E-state index is 0.0135. The quantitative estimate of drug-likeness (QED) is 0.902. The van der Waals surface area contributed by atoms with E-state index in [0.717, 1.165) is 12.1 Å². The number of aromatic nitrogens is 2. The SMILES string of the molecule is CCn1cc([C@H]2OCC[C@@H]2C(=O)N2CC(C)CC(C(=O)O)C2)cn1. The first-order chi connectivity index (χ1) is 11.5. The molecule has 3 rings (SSSR count). The van der Waals surface area contributed by atoms with E-state index >= 15 is 0 Å². The highest BCUT2D eigenvalue weighted by Gasteiger charge is 2.41. The molecule has 1 amide bonds. The molecule has 2 aliphatic heterocycles. The largest absolute Gasteiger partial charge is 0.481 e. The maximum Gasteiger partial charge on any atom is 0.308 e.